The van der Waals surface area contributed by atoms with Crippen LogP contribution in [0.4, 0.5) is 4.39 Å². The molecule has 0 saturated carbocycles. The molecule has 0 unspecified atom stereocenters. The number of amides is 1. The maximum absolute atomic E-state index is 13.9. The van der Waals surface area contributed by atoms with Crippen molar-refractivity contribution in [1.82, 2.24) is 5.43 Å². The molecule has 0 radical (unpaired) electrons. The SMILES string of the molecule is CCOc1cc(/C=N\NC(=O)c2ccc(C)cc2Cl)cc(Br)c1OCc1ccccc1F. The van der Waals surface area contributed by atoms with E-state index in [9.17, 15) is 9.18 Å². The molecule has 0 aliphatic carbocycles. The summed E-state index contributed by atoms with van der Waals surface area (Å²) < 4.78 is 26.0. The fourth-order valence-corrected chi connectivity index (χ4v) is 3.76. The van der Waals surface area contributed by atoms with Crippen molar-refractivity contribution >= 4 is 39.7 Å². The van der Waals surface area contributed by atoms with Crippen molar-refractivity contribution in [3.63, 3.8) is 0 Å². The molecule has 0 aliphatic heterocycles. The number of carbonyl (C=O) groups is 1. The molecule has 0 saturated heterocycles. The van der Waals surface area contributed by atoms with Crippen molar-refractivity contribution in [3.05, 3.63) is 92.2 Å². The molecule has 5 nitrogen and oxygen atoms in total. The molecule has 0 spiro atoms. The standard InChI is InChI=1S/C24H21BrClFN2O3/c1-3-31-22-12-16(13-28-29-24(30)18-9-8-15(2)10-20(18)26)11-19(25)23(22)32-14-17-6-4-5-7-21(17)27/h4-13H,3,14H2,1-2H3,(H,29,30)/b28-13-. The fraction of sp³-hybridized carbons (Fsp3) is 0.167. The van der Waals surface area contributed by atoms with Crippen LogP contribution in [0.2, 0.25) is 5.02 Å². The summed E-state index contributed by atoms with van der Waals surface area (Å²) in [5.74, 6) is 0.158. The van der Waals surface area contributed by atoms with E-state index >= 15 is 0 Å². The summed E-state index contributed by atoms with van der Waals surface area (Å²) in [4.78, 5) is 12.3. The van der Waals surface area contributed by atoms with Crippen LogP contribution in [-0.4, -0.2) is 18.7 Å². The Morgan fingerprint density at radius 3 is 2.69 bits per heavy atom. The smallest absolute Gasteiger partial charge is 0.272 e. The Kier molecular flexibility index (Phi) is 8.25. The number of halogens is 3. The Balaban J connectivity index is 1.74. The normalized spacial score (nSPS) is 10.9. The summed E-state index contributed by atoms with van der Waals surface area (Å²) in [7, 11) is 0. The third kappa shape index (κ3) is 6.08. The van der Waals surface area contributed by atoms with Gasteiger partial charge in [0.05, 0.1) is 27.9 Å². The lowest BCUT2D eigenvalue weighted by Crippen LogP contribution is -2.18. The zero-order chi connectivity index (χ0) is 23.1. The number of rotatable bonds is 8. The molecule has 0 bridgehead atoms. The summed E-state index contributed by atoms with van der Waals surface area (Å²) >= 11 is 9.59. The second-order valence-electron chi connectivity index (χ2n) is 6.83. The van der Waals surface area contributed by atoms with Gasteiger partial charge in [-0.1, -0.05) is 35.9 Å². The van der Waals surface area contributed by atoms with E-state index in [1.807, 2.05) is 13.8 Å². The van der Waals surface area contributed by atoms with Gasteiger partial charge in [-0.25, -0.2) is 9.82 Å². The van der Waals surface area contributed by atoms with Crippen LogP contribution in [0.1, 0.15) is 34.0 Å². The van der Waals surface area contributed by atoms with Gasteiger partial charge in [-0.05, 0) is 71.2 Å². The monoisotopic (exact) mass is 518 g/mol. The van der Waals surface area contributed by atoms with Crippen LogP contribution >= 0.6 is 27.5 Å². The molecule has 3 aromatic rings. The zero-order valence-corrected chi connectivity index (χ0v) is 19.8. The van der Waals surface area contributed by atoms with Crippen LogP contribution in [-0.2, 0) is 6.61 Å². The Bertz CT molecular complexity index is 1150. The quantitative estimate of drug-likeness (QED) is 0.281. The van der Waals surface area contributed by atoms with Crippen molar-refractivity contribution in [3.8, 4) is 11.5 Å². The van der Waals surface area contributed by atoms with Crippen molar-refractivity contribution in [1.29, 1.82) is 0 Å². The lowest BCUT2D eigenvalue weighted by Gasteiger charge is -2.15. The maximum atomic E-state index is 13.9. The molecule has 3 aromatic carbocycles. The van der Waals surface area contributed by atoms with E-state index in [-0.39, 0.29) is 12.4 Å². The maximum Gasteiger partial charge on any atom is 0.272 e. The summed E-state index contributed by atoms with van der Waals surface area (Å²) in [6, 6.07) is 15.1. The van der Waals surface area contributed by atoms with Crippen LogP contribution in [0.25, 0.3) is 0 Å². The van der Waals surface area contributed by atoms with Gasteiger partial charge < -0.3 is 9.47 Å². The summed E-state index contributed by atoms with van der Waals surface area (Å²) in [5.41, 5.74) is 4.85. The van der Waals surface area contributed by atoms with Crippen molar-refractivity contribution in [2.75, 3.05) is 6.61 Å². The first kappa shape index (κ1) is 23.8. The highest BCUT2D eigenvalue weighted by atomic mass is 79.9. The van der Waals surface area contributed by atoms with Gasteiger partial charge >= 0.3 is 0 Å². The van der Waals surface area contributed by atoms with Crippen LogP contribution in [0, 0.1) is 12.7 Å². The van der Waals surface area contributed by atoms with Gasteiger partial charge in [0.1, 0.15) is 12.4 Å². The first-order valence-electron chi connectivity index (χ1n) is 9.81. The third-order valence-electron chi connectivity index (χ3n) is 4.41. The zero-order valence-electron chi connectivity index (χ0n) is 17.5. The van der Waals surface area contributed by atoms with Crippen molar-refractivity contribution < 1.29 is 18.7 Å². The van der Waals surface area contributed by atoms with E-state index in [0.717, 1.165) is 5.56 Å². The number of carbonyl (C=O) groups excluding carboxylic acids is 1. The molecule has 0 fully saturated rings. The lowest BCUT2D eigenvalue weighted by molar-refractivity contribution is 0.0955. The van der Waals surface area contributed by atoms with E-state index in [0.29, 0.717) is 44.3 Å². The van der Waals surface area contributed by atoms with Gasteiger partial charge in [0.15, 0.2) is 11.5 Å². The number of ether oxygens (including phenoxy) is 2. The highest BCUT2D eigenvalue weighted by molar-refractivity contribution is 9.10. The van der Waals surface area contributed by atoms with Crippen LogP contribution in [0.15, 0.2) is 64.2 Å². The van der Waals surface area contributed by atoms with E-state index in [1.54, 1.807) is 48.5 Å². The largest absolute Gasteiger partial charge is 0.490 e. The second kappa shape index (κ2) is 11.1. The number of nitrogens with one attached hydrogen (secondary N) is 1. The summed E-state index contributed by atoms with van der Waals surface area (Å²) in [6.45, 7) is 4.20. The molecule has 0 atom stereocenters. The minimum atomic E-state index is -0.416. The van der Waals surface area contributed by atoms with Gasteiger partial charge in [0.25, 0.3) is 5.91 Å². The number of hydrogen-bond donors (Lipinski definition) is 1. The molecule has 0 heterocycles. The number of aryl methyl sites for hydroxylation is 1. The molecule has 166 valence electrons. The fourth-order valence-electron chi connectivity index (χ4n) is 2.86. The van der Waals surface area contributed by atoms with E-state index in [1.165, 1.54) is 12.3 Å². The summed E-state index contributed by atoms with van der Waals surface area (Å²) in [5, 5.41) is 4.37. The highest BCUT2D eigenvalue weighted by Gasteiger charge is 2.14. The molecule has 32 heavy (non-hydrogen) atoms. The molecule has 8 heteroatoms. The van der Waals surface area contributed by atoms with Crippen molar-refractivity contribution in [2.45, 2.75) is 20.5 Å². The van der Waals surface area contributed by atoms with E-state index < -0.39 is 5.91 Å². The minimum Gasteiger partial charge on any atom is -0.490 e. The average Bonchev–Trinajstić information content (AvgIpc) is 2.74. The molecule has 0 aromatic heterocycles. The Labute approximate surface area is 199 Å². The molecule has 1 amide bonds. The number of hydrazone groups is 1. The topological polar surface area (TPSA) is 59.9 Å². The van der Waals surface area contributed by atoms with E-state index in [4.69, 9.17) is 21.1 Å². The van der Waals surface area contributed by atoms with Gasteiger partial charge in [-0.2, -0.15) is 5.10 Å². The molecule has 3 rings (SSSR count). The lowest BCUT2D eigenvalue weighted by atomic mass is 10.1. The highest BCUT2D eigenvalue weighted by Crippen LogP contribution is 2.37. The molecular weight excluding hydrogens is 499 g/mol. The van der Waals surface area contributed by atoms with Gasteiger partial charge in [0, 0.05) is 5.56 Å². The van der Waals surface area contributed by atoms with Gasteiger partial charge in [-0.15, -0.1) is 0 Å². The first-order chi connectivity index (χ1) is 15.4. The summed E-state index contributed by atoms with van der Waals surface area (Å²) in [6.07, 6.45) is 1.48. The number of benzene rings is 3. The first-order valence-corrected chi connectivity index (χ1v) is 11.0. The van der Waals surface area contributed by atoms with Crippen molar-refractivity contribution in [2.24, 2.45) is 5.10 Å². The Morgan fingerprint density at radius 1 is 1.19 bits per heavy atom. The van der Waals surface area contributed by atoms with Crippen LogP contribution in [0.3, 0.4) is 0 Å². The molecular formula is C24H21BrClFN2O3. The van der Waals surface area contributed by atoms with Crippen LogP contribution in [0.5, 0.6) is 11.5 Å². The van der Waals surface area contributed by atoms with E-state index in [2.05, 4.69) is 26.5 Å². The number of hydrogen-bond acceptors (Lipinski definition) is 4. The number of nitrogens with zero attached hydrogens (tertiary/aromatic N) is 1. The predicted molar refractivity (Wildman–Crippen MR) is 127 cm³/mol. The van der Waals surface area contributed by atoms with Crippen LogP contribution < -0.4 is 14.9 Å². The van der Waals surface area contributed by atoms with Gasteiger partial charge in [0.2, 0.25) is 0 Å². The Hall–Kier alpha value is -2.90. The Morgan fingerprint density at radius 2 is 1.97 bits per heavy atom. The van der Waals surface area contributed by atoms with Gasteiger partial charge in [-0.3, -0.25) is 4.79 Å². The predicted octanol–water partition coefficient (Wildman–Crippen LogP) is 6.29. The second-order valence-corrected chi connectivity index (χ2v) is 8.09. The minimum absolute atomic E-state index is 0.0478. The molecule has 0 aliphatic rings. The third-order valence-corrected chi connectivity index (χ3v) is 5.31. The average molecular weight is 520 g/mol. The molecule has 1 N–H and O–H groups in total.